The van der Waals surface area contributed by atoms with E-state index < -0.39 is 12.1 Å². The summed E-state index contributed by atoms with van der Waals surface area (Å²) in [5.41, 5.74) is 0. The molecular weight excluding hydrogens is 168 g/mol. The highest BCUT2D eigenvalue weighted by atomic mass is 32.1. The van der Waals surface area contributed by atoms with E-state index in [2.05, 4.69) is 12.2 Å². The summed E-state index contributed by atoms with van der Waals surface area (Å²) in [5, 5.41) is 26.1. The van der Waals surface area contributed by atoms with Gasteiger partial charge in [0.15, 0.2) is 11.2 Å². The molecule has 0 aliphatic rings. The molecular formula is C6H12O4S. The molecule has 0 spiro atoms. The Morgan fingerprint density at radius 3 is 2.09 bits per heavy atom. The molecule has 3 N–H and O–H groups in total. The van der Waals surface area contributed by atoms with Gasteiger partial charge in [0.2, 0.25) is 0 Å². The zero-order valence-corrected chi connectivity index (χ0v) is 7.26. The van der Waals surface area contributed by atoms with Crippen molar-refractivity contribution in [3.05, 3.63) is 0 Å². The first-order valence-corrected chi connectivity index (χ1v) is 3.63. The molecule has 66 valence electrons. The van der Waals surface area contributed by atoms with E-state index in [-0.39, 0.29) is 11.5 Å². The first-order valence-electron chi connectivity index (χ1n) is 3.22. The van der Waals surface area contributed by atoms with Crippen molar-refractivity contribution in [3.8, 4) is 0 Å². The standard InChI is InChI=1S/C6H12O4S/c1-3-5(6(7,8)9)10-4(2)11/h5,7-9H,3H2,1-2H3. The molecule has 0 bridgehead atoms. The van der Waals surface area contributed by atoms with Gasteiger partial charge >= 0.3 is 5.97 Å². The number of hydrogen-bond acceptors (Lipinski definition) is 5. The minimum absolute atomic E-state index is 0.165. The van der Waals surface area contributed by atoms with Gasteiger partial charge in [-0.1, -0.05) is 6.92 Å². The summed E-state index contributed by atoms with van der Waals surface area (Å²) in [6, 6.07) is 0. The van der Waals surface area contributed by atoms with Gasteiger partial charge in [-0.25, -0.2) is 0 Å². The smallest absolute Gasteiger partial charge is 0.314 e. The molecule has 5 heteroatoms. The molecule has 0 saturated carbocycles. The van der Waals surface area contributed by atoms with Crippen molar-refractivity contribution < 1.29 is 20.1 Å². The molecule has 11 heavy (non-hydrogen) atoms. The van der Waals surface area contributed by atoms with E-state index in [1.54, 1.807) is 6.92 Å². The summed E-state index contributed by atoms with van der Waals surface area (Å²) in [5.74, 6) is -2.81. The van der Waals surface area contributed by atoms with Gasteiger partial charge < -0.3 is 20.1 Å². The molecule has 0 heterocycles. The van der Waals surface area contributed by atoms with Gasteiger partial charge in [-0.05, 0) is 18.6 Å². The van der Waals surface area contributed by atoms with Crippen LogP contribution in [0.2, 0.25) is 0 Å². The van der Waals surface area contributed by atoms with Gasteiger partial charge in [-0.2, -0.15) is 0 Å². The van der Waals surface area contributed by atoms with Crippen molar-refractivity contribution in [2.24, 2.45) is 0 Å². The molecule has 0 aromatic rings. The lowest BCUT2D eigenvalue weighted by molar-refractivity contribution is -0.351. The Morgan fingerprint density at radius 2 is 2.00 bits per heavy atom. The highest BCUT2D eigenvalue weighted by Crippen LogP contribution is 2.11. The monoisotopic (exact) mass is 180 g/mol. The maximum absolute atomic E-state index is 8.65. The topological polar surface area (TPSA) is 69.9 Å². The Kier molecular flexibility index (Phi) is 3.88. The highest BCUT2D eigenvalue weighted by Gasteiger charge is 2.32. The molecule has 1 unspecified atom stereocenters. The van der Waals surface area contributed by atoms with E-state index >= 15 is 0 Å². The van der Waals surface area contributed by atoms with Gasteiger partial charge in [0.25, 0.3) is 0 Å². The summed E-state index contributed by atoms with van der Waals surface area (Å²) in [4.78, 5) is 0. The fourth-order valence-corrected chi connectivity index (χ4v) is 0.753. The first-order chi connectivity index (χ1) is 4.88. The van der Waals surface area contributed by atoms with Crippen molar-refractivity contribution >= 4 is 17.3 Å². The quantitative estimate of drug-likeness (QED) is 0.413. The van der Waals surface area contributed by atoms with Crippen LogP contribution < -0.4 is 0 Å². The summed E-state index contributed by atoms with van der Waals surface area (Å²) in [7, 11) is 0. The third-order valence-electron chi connectivity index (χ3n) is 1.11. The number of hydrogen-bond donors (Lipinski definition) is 3. The van der Waals surface area contributed by atoms with Crippen LogP contribution in [-0.4, -0.2) is 32.4 Å². The van der Waals surface area contributed by atoms with E-state index in [1.165, 1.54) is 6.92 Å². The number of ether oxygens (including phenoxy) is 1. The molecule has 1 atom stereocenters. The van der Waals surface area contributed by atoms with Crippen LogP contribution >= 0.6 is 12.2 Å². The minimum atomic E-state index is -2.81. The summed E-state index contributed by atoms with van der Waals surface area (Å²) in [6.07, 6.45) is -0.822. The van der Waals surface area contributed by atoms with E-state index in [1.807, 2.05) is 0 Å². The van der Waals surface area contributed by atoms with Crippen LogP contribution in [0, 0.1) is 0 Å². The fourth-order valence-electron chi connectivity index (χ4n) is 0.637. The normalized spacial score (nSPS) is 14.3. The lowest BCUT2D eigenvalue weighted by Gasteiger charge is -2.24. The maximum atomic E-state index is 8.65. The average molecular weight is 180 g/mol. The van der Waals surface area contributed by atoms with Crippen molar-refractivity contribution in [2.75, 3.05) is 0 Å². The van der Waals surface area contributed by atoms with Crippen LogP contribution in [-0.2, 0) is 4.74 Å². The van der Waals surface area contributed by atoms with Crippen LogP contribution in [0.1, 0.15) is 20.3 Å². The van der Waals surface area contributed by atoms with Gasteiger partial charge in [-0.3, -0.25) is 0 Å². The van der Waals surface area contributed by atoms with E-state index in [0.717, 1.165) is 0 Å². The van der Waals surface area contributed by atoms with Crippen LogP contribution in [0.5, 0.6) is 0 Å². The van der Waals surface area contributed by atoms with E-state index in [0.29, 0.717) is 0 Å². The number of thiocarbonyl (C=S) groups is 1. The van der Waals surface area contributed by atoms with Gasteiger partial charge in [-0.15, -0.1) is 0 Å². The van der Waals surface area contributed by atoms with Crippen molar-refractivity contribution in [1.82, 2.24) is 0 Å². The second kappa shape index (κ2) is 3.96. The van der Waals surface area contributed by atoms with Crippen LogP contribution in [0.3, 0.4) is 0 Å². The largest absolute Gasteiger partial charge is 0.476 e. The molecule has 4 nitrogen and oxygen atoms in total. The second-order valence-electron chi connectivity index (χ2n) is 2.19. The fraction of sp³-hybridized carbons (Fsp3) is 0.833. The van der Waals surface area contributed by atoms with Crippen LogP contribution in [0.15, 0.2) is 0 Å². The Balaban J connectivity index is 4.07. The zero-order valence-electron chi connectivity index (χ0n) is 6.44. The van der Waals surface area contributed by atoms with Crippen LogP contribution in [0.4, 0.5) is 0 Å². The lowest BCUT2D eigenvalue weighted by atomic mass is 10.2. The molecule has 0 fully saturated rings. The zero-order chi connectivity index (χ0) is 9.07. The molecule has 0 aliphatic heterocycles. The third-order valence-corrected chi connectivity index (χ3v) is 1.21. The Hall–Kier alpha value is -0.230. The highest BCUT2D eigenvalue weighted by molar-refractivity contribution is 7.80. The Bertz CT molecular complexity index is 140. The van der Waals surface area contributed by atoms with Crippen molar-refractivity contribution in [1.29, 1.82) is 0 Å². The third kappa shape index (κ3) is 4.26. The second-order valence-corrected chi connectivity index (χ2v) is 2.77. The average Bonchev–Trinajstić information content (AvgIpc) is 1.79. The molecule has 0 aromatic carbocycles. The molecule has 0 aromatic heterocycles. The Morgan fingerprint density at radius 1 is 1.55 bits per heavy atom. The summed E-state index contributed by atoms with van der Waals surface area (Å²) < 4.78 is 4.75. The molecule has 0 saturated heterocycles. The number of rotatable bonds is 3. The number of aliphatic hydroxyl groups is 3. The maximum Gasteiger partial charge on any atom is 0.314 e. The van der Waals surface area contributed by atoms with Gasteiger partial charge in [0, 0.05) is 6.92 Å². The van der Waals surface area contributed by atoms with Crippen LogP contribution in [0.25, 0.3) is 0 Å². The van der Waals surface area contributed by atoms with Gasteiger partial charge in [0.1, 0.15) is 0 Å². The SMILES string of the molecule is CCC(OC(C)=S)C(O)(O)O. The van der Waals surface area contributed by atoms with E-state index in [9.17, 15) is 0 Å². The predicted molar refractivity (Wildman–Crippen MR) is 42.8 cm³/mol. The van der Waals surface area contributed by atoms with E-state index in [4.69, 9.17) is 20.1 Å². The van der Waals surface area contributed by atoms with Crippen molar-refractivity contribution in [3.63, 3.8) is 0 Å². The first kappa shape index (κ1) is 10.8. The van der Waals surface area contributed by atoms with Crippen molar-refractivity contribution in [2.45, 2.75) is 32.3 Å². The summed E-state index contributed by atoms with van der Waals surface area (Å²) in [6.45, 7) is 3.13. The molecule has 0 amide bonds. The molecule has 0 aliphatic carbocycles. The molecule has 0 radical (unpaired) electrons. The Labute approximate surface area is 70.4 Å². The predicted octanol–water partition coefficient (Wildman–Crippen LogP) is -0.240. The minimum Gasteiger partial charge on any atom is -0.476 e. The molecule has 0 rings (SSSR count). The lowest BCUT2D eigenvalue weighted by Crippen LogP contribution is -2.43. The van der Waals surface area contributed by atoms with Gasteiger partial charge in [0.05, 0.1) is 0 Å². The summed E-state index contributed by atoms with van der Waals surface area (Å²) >= 11 is 4.55.